The SMILES string of the molecule is N[C@@H](Cc1cnc[nH]c1=O)C(=O)O. The van der Waals surface area contributed by atoms with Crippen LogP contribution in [0.5, 0.6) is 0 Å². The van der Waals surface area contributed by atoms with Crippen LogP contribution in [0.15, 0.2) is 17.3 Å². The van der Waals surface area contributed by atoms with Gasteiger partial charge >= 0.3 is 5.97 Å². The third kappa shape index (κ3) is 2.38. The molecule has 0 aliphatic heterocycles. The standard InChI is InChI=1S/C7H9N3O3/c8-5(7(12)13)1-4-2-9-3-10-6(4)11/h2-3,5H,1,8H2,(H,12,13)(H,9,10,11)/t5-/m0/s1. The number of H-pyrrole nitrogens is 1. The maximum absolute atomic E-state index is 11.0. The summed E-state index contributed by atoms with van der Waals surface area (Å²) in [6, 6.07) is -1.06. The van der Waals surface area contributed by atoms with E-state index >= 15 is 0 Å². The zero-order valence-corrected chi connectivity index (χ0v) is 6.73. The Hall–Kier alpha value is -1.69. The van der Waals surface area contributed by atoms with Gasteiger partial charge in [0.1, 0.15) is 6.04 Å². The molecule has 1 rings (SSSR count). The molecule has 0 spiro atoms. The number of nitrogens with two attached hydrogens (primary N) is 1. The van der Waals surface area contributed by atoms with E-state index in [4.69, 9.17) is 10.8 Å². The van der Waals surface area contributed by atoms with Crippen molar-refractivity contribution in [2.45, 2.75) is 12.5 Å². The van der Waals surface area contributed by atoms with E-state index in [0.29, 0.717) is 0 Å². The summed E-state index contributed by atoms with van der Waals surface area (Å²) < 4.78 is 0. The highest BCUT2D eigenvalue weighted by atomic mass is 16.4. The van der Waals surface area contributed by atoms with Crippen molar-refractivity contribution in [3.05, 3.63) is 28.4 Å². The van der Waals surface area contributed by atoms with Crippen LogP contribution >= 0.6 is 0 Å². The van der Waals surface area contributed by atoms with Crippen LogP contribution in [-0.4, -0.2) is 27.1 Å². The number of carboxylic acid groups (broad SMARTS) is 1. The van der Waals surface area contributed by atoms with Gasteiger partial charge in [-0.1, -0.05) is 0 Å². The average molecular weight is 183 g/mol. The Balaban J connectivity index is 2.81. The molecule has 1 aromatic heterocycles. The molecule has 0 saturated heterocycles. The average Bonchev–Trinajstić information content (AvgIpc) is 2.08. The van der Waals surface area contributed by atoms with Crippen LogP contribution in [0, 0.1) is 0 Å². The minimum atomic E-state index is -1.14. The molecule has 0 aliphatic rings. The van der Waals surface area contributed by atoms with Crippen LogP contribution in [0.1, 0.15) is 5.56 Å². The maximum Gasteiger partial charge on any atom is 0.320 e. The normalized spacial score (nSPS) is 12.4. The van der Waals surface area contributed by atoms with E-state index in [1.807, 2.05) is 0 Å². The molecule has 0 unspecified atom stereocenters. The van der Waals surface area contributed by atoms with E-state index in [-0.39, 0.29) is 17.5 Å². The number of nitrogens with zero attached hydrogens (tertiary/aromatic N) is 1. The van der Waals surface area contributed by atoms with Gasteiger partial charge in [-0.2, -0.15) is 0 Å². The van der Waals surface area contributed by atoms with Crippen molar-refractivity contribution in [3.63, 3.8) is 0 Å². The molecule has 0 saturated carbocycles. The first-order chi connectivity index (χ1) is 6.11. The van der Waals surface area contributed by atoms with Crippen molar-refractivity contribution in [2.24, 2.45) is 5.73 Å². The van der Waals surface area contributed by atoms with E-state index in [2.05, 4.69) is 9.97 Å². The van der Waals surface area contributed by atoms with Gasteiger partial charge < -0.3 is 15.8 Å². The lowest BCUT2D eigenvalue weighted by atomic mass is 10.1. The molecule has 1 heterocycles. The van der Waals surface area contributed by atoms with Crippen LogP contribution in [0.2, 0.25) is 0 Å². The summed E-state index contributed by atoms with van der Waals surface area (Å²) in [4.78, 5) is 27.4. The number of hydrogen-bond acceptors (Lipinski definition) is 4. The summed E-state index contributed by atoms with van der Waals surface area (Å²) in [7, 11) is 0. The van der Waals surface area contributed by atoms with Crippen molar-refractivity contribution in [1.82, 2.24) is 9.97 Å². The fourth-order valence-electron chi connectivity index (χ4n) is 0.844. The minimum absolute atomic E-state index is 0.0154. The maximum atomic E-state index is 11.0. The monoisotopic (exact) mass is 183 g/mol. The summed E-state index contributed by atoms with van der Waals surface area (Å²) in [6.07, 6.45) is 2.53. The van der Waals surface area contributed by atoms with Crippen molar-refractivity contribution in [3.8, 4) is 0 Å². The van der Waals surface area contributed by atoms with Gasteiger partial charge in [-0.25, -0.2) is 4.98 Å². The predicted molar refractivity (Wildman–Crippen MR) is 44.2 cm³/mol. The van der Waals surface area contributed by atoms with Crippen LogP contribution in [0.4, 0.5) is 0 Å². The summed E-state index contributed by atoms with van der Waals surface area (Å²) in [5.41, 5.74) is 5.16. The van der Waals surface area contributed by atoms with E-state index in [9.17, 15) is 9.59 Å². The van der Waals surface area contributed by atoms with Crippen LogP contribution in [0.3, 0.4) is 0 Å². The molecular formula is C7H9N3O3. The van der Waals surface area contributed by atoms with Crippen molar-refractivity contribution in [1.29, 1.82) is 0 Å². The van der Waals surface area contributed by atoms with Gasteiger partial charge in [0.25, 0.3) is 5.56 Å². The van der Waals surface area contributed by atoms with E-state index in [1.54, 1.807) is 0 Å². The highest BCUT2D eigenvalue weighted by molar-refractivity contribution is 5.73. The molecule has 70 valence electrons. The predicted octanol–water partition coefficient (Wildman–Crippen LogP) is -1.28. The molecule has 0 aromatic carbocycles. The van der Waals surface area contributed by atoms with E-state index in [1.165, 1.54) is 12.5 Å². The molecule has 0 aliphatic carbocycles. The number of aromatic nitrogens is 2. The van der Waals surface area contributed by atoms with Crippen molar-refractivity contribution < 1.29 is 9.90 Å². The molecule has 0 amide bonds. The molecule has 6 nitrogen and oxygen atoms in total. The summed E-state index contributed by atoms with van der Waals surface area (Å²) in [5, 5.41) is 8.48. The number of aliphatic carboxylic acids is 1. The lowest BCUT2D eigenvalue weighted by Crippen LogP contribution is -2.34. The van der Waals surface area contributed by atoms with E-state index < -0.39 is 12.0 Å². The zero-order chi connectivity index (χ0) is 9.84. The zero-order valence-electron chi connectivity index (χ0n) is 6.73. The third-order valence-electron chi connectivity index (χ3n) is 1.55. The highest BCUT2D eigenvalue weighted by Crippen LogP contribution is 1.92. The van der Waals surface area contributed by atoms with Gasteiger partial charge in [0.15, 0.2) is 0 Å². The Morgan fingerprint density at radius 2 is 2.46 bits per heavy atom. The molecule has 1 aromatic rings. The third-order valence-corrected chi connectivity index (χ3v) is 1.55. The number of nitrogens with one attached hydrogen (secondary N) is 1. The fraction of sp³-hybridized carbons (Fsp3) is 0.286. The van der Waals surface area contributed by atoms with Gasteiger partial charge in [0.05, 0.1) is 6.33 Å². The van der Waals surface area contributed by atoms with Crippen LogP contribution in [0.25, 0.3) is 0 Å². The molecule has 0 radical (unpaired) electrons. The second kappa shape index (κ2) is 3.81. The largest absolute Gasteiger partial charge is 0.480 e. The van der Waals surface area contributed by atoms with E-state index in [0.717, 1.165) is 0 Å². The topological polar surface area (TPSA) is 109 Å². The van der Waals surface area contributed by atoms with Gasteiger partial charge in [0, 0.05) is 18.2 Å². The first-order valence-corrected chi connectivity index (χ1v) is 3.61. The van der Waals surface area contributed by atoms with Gasteiger partial charge in [-0.15, -0.1) is 0 Å². The van der Waals surface area contributed by atoms with Gasteiger partial charge in [-0.3, -0.25) is 9.59 Å². The van der Waals surface area contributed by atoms with Crippen LogP contribution < -0.4 is 11.3 Å². The number of rotatable bonds is 3. The van der Waals surface area contributed by atoms with Crippen molar-refractivity contribution >= 4 is 5.97 Å². The second-order valence-electron chi connectivity index (χ2n) is 2.55. The molecule has 6 heteroatoms. The first kappa shape index (κ1) is 9.40. The van der Waals surface area contributed by atoms with Gasteiger partial charge in [-0.05, 0) is 0 Å². The van der Waals surface area contributed by atoms with Gasteiger partial charge in [0.2, 0.25) is 0 Å². The van der Waals surface area contributed by atoms with Crippen LogP contribution in [-0.2, 0) is 11.2 Å². The fourth-order valence-corrected chi connectivity index (χ4v) is 0.844. The minimum Gasteiger partial charge on any atom is -0.480 e. The molecule has 0 bridgehead atoms. The lowest BCUT2D eigenvalue weighted by molar-refractivity contribution is -0.138. The molecule has 1 atom stereocenters. The Labute approximate surface area is 73.4 Å². The summed E-state index contributed by atoms with van der Waals surface area (Å²) in [5.74, 6) is -1.14. The lowest BCUT2D eigenvalue weighted by Gasteiger charge is -2.03. The summed E-state index contributed by atoms with van der Waals surface area (Å²) in [6.45, 7) is 0. The second-order valence-corrected chi connectivity index (χ2v) is 2.55. The van der Waals surface area contributed by atoms with Crippen molar-refractivity contribution in [2.75, 3.05) is 0 Å². The molecule has 4 N–H and O–H groups in total. The molecule has 13 heavy (non-hydrogen) atoms. The quantitative estimate of drug-likeness (QED) is 0.541. The Morgan fingerprint density at radius 3 is 3.00 bits per heavy atom. The molecule has 0 fully saturated rings. The first-order valence-electron chi connectivity index (χ1n) is 3.61. The Bertz CT molecular complexity index is 360. The number of carbonyl (C=O) groups is 1. The number of aromatic amines is 1. The highest BCUT2D eigenvalue weighted by Gasteiger charge is 2.13. The summed E-state index contributed by atoms with van der Waals surface area (Å²) >= 11 is 0. The Morgan fingerprint density at radius 1 is 1.77 bits per heavy atom. The molecular weight excluding hydrogens is 174 g/mol. The number of hydrogen-bond donors (Lipinski definition) is 3. The smallest absolute Gasteiger partial charge is 0.320 e. The Kier molecular flexibility index (Phi) is 2.76. The number of carboxylic acids is 1.